The van der Waals surface area contributed by atoms with Crippen molar-refractivity contribution in [1.29, 1.82) is 0 Å². The molecule has 0 fully saturated rings. The third-order valence-corrected chi connectivity index (χ3v) is 20.0. The van der Waals surface area contributed by atoms with E-state index in [9.17, 15) is 0 Å². The van der Waals surface area contributed by atoms with Crippen LogP contribution in [0.4, 0.5) is 0 Å². The van der Waals surface area contributed by atoms with Gasteiger partial charge in [0.25, 0.3) is 0 Å². The van der Waals surface area contributed by atoms with E-state index in [0.29, 0.717) is 35.2 Å². The lowest BCUT2D eigenvalue weighted by atomic mass is 10.1. The fourth-order valence-electron chi connectivity index (χ4n) is 15.4. The fraction of sp³-hybridized carbons (Fsp3) is 0. The molecule has 0 amide bonds. The van der Waals surface area contributed by atoms with E-state index in [0.717, 1.165) is 143 Å². The third kappa shape index (κ3) is 8.96. The largest absolute Gasteiger partial charge is 0.456 e. The predicted octanol–water partition coefficient (Wildman–Crippen LogP) is 22.6. The fourth-order valence-corrected chi connectivity index (χ4v) is 15.4. The number of nitrogens with zero attached hydrogens (tertiary/aromatic N) is 10. The van der Waals surface area contributed by atoms with Crippen LogP contribution in [0.15, 0.2) is 336 Å². The van der Waals surface area contributed by atoms with E-state index in [2.05, 4.69) is 225 Å². The van der Waals surface area contributed by atoms with E-state index in [1.807, 2.05) is 121 Å². The Balaban J connectivity index is 0.000000133. The molecule has 0 atom stereocenters. The van der Waals surface area contributed by atoms with Gasteiger partial charge in [0.2, 0.25) is 11.9 Å². The summed E-state index contributed by atoms with van der Waals surface area (Å²) in [6.07, 6.45) is 0. The Hall–Kier alpha value is -14.1. The maximum Gasteiger partial charge on any atom is 0.238 e. The highest BCUT2D eigenvalue weighted by Crippen LogP contribution is 2.44. The highest BCUT2D eigenvalue weighted by atomic mass is 16.3. The van der Waals surface area contributed by atoms with Crippen LogP contribution in [-0.4, -0.2) is 48.2 Å². The maximum absolute atomic E-state index is 6.28. The lowest BCUT2D eigenvalue weighted by Gasteiger charge is -2.11. The van der Waals surface area contributed by atoms with Crippen molar-refractivity contribution in [3.05, 3.63) is 328 Å². The topological polar surface area (TPSA) is 123 Å². The van der Waals surface area contributed by atoms with Gasteiger partial charge in [0.1, 0.15) is 22.3 Å². The number of aromatic nitrogens is 10. The highest BCUT2D eigenvalue weighted by molar-refractivity contribution is 6.21. The molecule has 0 bridgehead atoms. The molecule has 12 nitrogen and oxygen atoms in total. The summed E-state index contributed by atoms with van der Waals surface area (Å²) < 4.78 is 21.5. The molecule has 22 rings (SSSR count). The van der Waals surface area contributed by atoms with Crippen molar-refractivity contribution < 1.29 is 8.83 Å². The van der Waals surface area contributed by atoms with Gasteiger partial charge in [-0.25, -0.2) is 9.97 Å². The second-order valence-electron chi connectivity index (χ2n) is 25.7. The first-order chi connectivity index (χ1) is 50.6. The van der Waals surface area contributed by atoms with Crippen molar-refractivity contribution in [2.75, 3.05) is 0 Å². The van der Waals surface area contributed by atoms with Crippen LogP contribution in [0.3, 0.4) is 0 Å². The number of rotatable bonds is 8. The lowest BCUT2D eigenvalue weighted by Crippen LogP contribution is -2.06. The average Bonchev–Trinajstić information content (AvgIpc) is 1.56. The van der Waals surface area contributed by atoms with Gasteiger partial charge in [-0.3, -0.25) is 9.13 Å². The summed E-state index contributed by atoms with van der Waals surface area (Å²) in [6.45, 7) is 0. The second kappa shape index (κ2) is 22.7. The second-order valence-corrected chi connectivity index (χ2v) is 25.7. The van der Waals surface area contributed by atoms with Crippen LogP contribution in [0.2, 0.25) is 0 Å². The molecule has 0 unspecified atom stereocenters. The monoisotopic (exact) mass is 1310 g/mol. The molecule has 0 saturated carbocycles. The molecule has 22 aromatic rings. The number of fused-ring (bicyclic) bond motifs is 18. The quantitative estimate of drug-likeness (QED) is 0.147. The number of para-hydroxylation sites is 8. The minimum absolute atomic E-state index is 0.556. The van der Waals surface area contributed by atoms with Gasteiger partial charge < -0.3 is 18.0 Å². The number of hydrogen-bond donors (Lipinski definition) is 0. The Labute approximate surface area is 581 Å². The first-order valence-electron chi connectivity index (χ1n) is 34.1. The van der Waals surface area contributed by atoms with Crippen molar-refractivity contribution in [2.45, 2.75) is 0 Å². The van der Waals surface area contributed by atoms with Gasteiger partial charge in [-0.1, -0.05) is 218 Å². The van der Waals surface area contributed by atoms with E-state index in [4.69, 9.17) is 38.7 Å². The molecule has 0 aliphatic rings. The standard InChI is InChI=1S/2C45H27N5O/c1-3-14-28(15-4-1)43-46-44(33-21-13-25-41-42(33)32-20-9-12-24-40(32)51-41)48-45(47-43)50-37-23-11-8-19-31(37)35-26-38-34(27-39(35)50)30-18-7-10-22-36(30)49(38)29-16-5-2-6-17-29;1-3-13-28(14-4-1)43-46-44(29-23-24-42-36(25-29)33-19-9-12-22-41(33)51-42)48-45(47-43)50-38-21-11-8-18-32(38)35-26-39-34(27-40(35)50)31-17-7-10-20-37(31)49(39)30-15-5-2-6-16-30/h2*1-27H. The molecular weight excluding hydrogens is 1250 g/mol. The van der Waals surface area contributed by atoms with Crippen LogP contribution in [0.1, 0.15) is 0 Å². The van der Waals surface area contributed by atoms with Crippen LogP contribution in [0.5, 0.6) is 0 Å². The van der Waals surface area contributed by atoms with Gasteiger partial charge in [0.05, 0.1) is 44.1 Å². The molecule has 0 saturated heterocycles. The summed E-state index contributed by atoms with van der Waals surface area (Å²) in [7, 11) is 0. The average molecular weight is 1310 g/mol. The Morgan fingerprint density at radius 2 is 0.539 bits per heavy atom. The zero-order valence-electron chi connectivity index (χ0n) is 54.5. The summed E-state index contributed by atoms with van der Waals surface area (Å²) in [5.41, 5.74) is 18.0. The molecule has 476 valence electrons. The number of hydrogen-bond acceptors (Lipinski definition) is 8. The van der Waals surface area contributed by atoms with Gasteiger partial charge in [-0.2, -0.15) is 19.9 Å². The maximum atomic E-state index is 6.28. The van der Waals surface area contributed by atoms with Crippen molar-refractivity contribution in [3.63, 3.8) is 0 Å². The van der Waals surface area contributed by atoms with Gasteiger partial charge in [-0.15, -0.1) is 0 Å². The molecule has 8 heterocycles. The van der Waals surface area contributed by atoms with Crippen LogP contribution >= 0.6 is 0 Å². The van der Waals surface area contributed by atoms with E-state index in [-0.39, 0.29) is 0 Å². The lowest BCUT2D eigenvalue weighted by molar-refractivity contribution is 0.668. The van der Waals surface area contributed by atoms with Crippen molar-refractivity contribution in [1.82, 2.24) is 48.2 Å². The van der Waals surface area contributed by atoms with E-state index in [1.165, 1.54) is 21.5 Å². The summed E-state index contributed by atoms with van der Waals surface area (Å²) in [6, 6.07) is 113. The van der Waals surface area contributed by atoms with E-state index >= 15 is 0 Å². The van der Waals surface area contributed by atoms with Gasteiger partial charge >= 0.3 is 0 Å². The van der Waals surface area contributed by atoms with Crippen LogP contribution in [0.25, 0.3) is 200 Å². The zero-order chi connectivity index (χ0) is 66.9. The van der Waals surface area contributed by atoms with Crippen LogP contribution < -0.4 is 0 Å². The van der Waals surface area contributed by atoms with Crippen LogP contribution in [0, 0.1) is 0 Å². The molecule has 0 aliphatic heterocycles. The minimum atomic E-state index is 0.556. The predicted molar refractivity (Wildman–Crippen MR) is 413 cm³/mol. The summed E-state index contributed by atoms with van der Waals surface area (Å²) in [4.78, 5) is 31.1. The molecule has 0 radical (unpaired) electrons. The van der Waals surface area contributed by atoms with Crippen molar-refractivity contribution in [2.24, 2.45) is 0 Å². The number of benzene rings is 14. The first kappa shape index (κ1) is 57.0. The Morgan fingerprint density at radius 1 is 0.196 bits per heavy atom. The third-order valence-electron chi connectivity index (χ3n) is 20.0. The Kier molecular flexibility index (Phi) is 12.7. The first-order valence-corrected chi connectivity index (χ1v) is 34.1. The molecule has 102 heavy (non-hydrogen) atoms. The molecule has 8 aromatic heterocycles. The summed E-state index contributed by atoms with van der Waals surface area (Å²) in [5.74, 6) is 3.52. The van der Waals surface area contributed by atoms with Crippen LogP contribution in [-0.2, 0) is 0 Å². The van der Waals surface area contributed by atoms with Gasteiger partial charge in [-0.05, 0) is 109 Å². The van der Waals surface area contributed by atoms with Gasteiger partial charge in [0, 0.05) is 98.3 Å². The normalized spacial score (nSPS) is 11.9. The molecular formula is C90H54N10O2. The zero-order valence-corrected chi connectivity index (χ0v) is 54.5. The smallest absolute Gasteiger partial charge is 0.238 e. The minimum Gasteiger partial charge on any atom is -0.456 e. The summed E-state index contributed by atoms with van der Waals surface area (Å²) in [5, 5.41) is 13.3. The Bertz CT molecular complexity index is 7130. The van der Waals surface area contributed by atoms with E-state index in [1.54, 1.807) is 0 Å². The molecule has 0 N–H and O–H groups in total. The summed E-state index contributed by atoms with van der Waals surface area (Å²) >= 11 is 0. The highest BCUT2D eigenvalue weighted by Gasteiger charge is 2.25. The number of furan rings is 2. The van der Waals surface area contributed by atoms with Gasteiger partial charge in [0.15, 0.2) is 23.3 Å². The molecule has 14 aromatic carbocycles. The van der Waals surface area contributed by atoms with E-state index < -0.39 is 0 Å². The molecule has 0 spiro atoms. The SMILES string of the molecule is c1ccc(-c2nc(-c3ccc4oc5ccccc5c4c3)nc(-n3c4ccccc4c4cc5c(cc43)c3ccccc3n5-c3ccccc3)n2)cc1.c1ccc(-c2nc(-c3cccc4oc5ccccc5c34)nc(-n3c4ccccc4c4cc5c(cc43)c3ccccc3n5-c3ccccc3)n2)cc1. The van der Waals surface area contributed by atoms with Crippen molar-refractivity contribution in [3.8, 4) is 68.8 Å². The molecule has 12 heteroatoms. The van der Waals surface area contributed by atoms with Crippen molar-refractivity contribution >= 4 is 131 Å². The Morgan fingerprint density at radius 3 is 1.03 bits per heavy atom. The molecule has 0 aliphatic carbocycles.